The van der Waals surface area contributed by atoms with Gasteiger partial charge >= 0.3 is 5.97 Å². The lowest BCUT2D eigenvalue weighted by molar-refractivity contribution is -0.145. The maximum Gasteiger partial charge on any atom is 0.313 e. The fourth-order valence-electron chi connectivity index (χ4n) is 2.77. The predicted octanol–water partition coefficient (Wildman–Crippen LogP) is 4.11. The van der Waals surface area contributed by atoms with Gasteiger partial charge in [0.05, 0.1) is 28.3 Å². The molecule has 0 fully saturated rings. The number of nitrogens with zero attached hydrogens (tertiary/aromatic N) is 1. The van der Waals surface area contributed by atoms with Crippen LogP contribution in [0.4, 0.5) is 0 Å². The number of fused-ring (bicyclic) bond motifs is 1. The number of rotatable bonds is 5. The van der Waals surface area contributed by atoms with Gasteiger partial charge in [0.15, 0.2) is 0 Å². The van der Waals surface area contributed by atoms with Crippen LogP contribution < -0.4 is 5.56 Å². The van der Waals surface area contributed by atoms with Crippen molar-refractivity contribution in [2.24, 2.45) is 0 Å². The van der Waals surface area contributed by atoms with Crippen molar-refractivity contribution in [2.75, 3.05) is 6.61 Å². The van der Waals surface area contributed by atoms with Crippen molar-refractivity contribution < 1.29 is 9.53 Å². The SMILES string of the molecule is CCOC(=O)C(CC)c1ccc(-n2sc3ccccc3c2=O)cc1. The summed E-state index contributed by atoms with van der Waals surface area (Å²) in [6.45, 7) is 4.15. The summed E-state index contributed by atoms with van der Waals surface area (Å²) in [5.74, 6) is -0.468. The quantitative estimate of drug-likeness (QED) is 0.656. The van der Waals surface area contributed by atoms with Crippen LogP contribution in [-0.4, -0.2) is 16.5 Å². The average molecular weight is 341 g/mol. The smallest absolute Gasteiger partial charge is 0.313 e. The van der Waals surface area contributed by atoms with E-state index < -0.39 is 0 Å². The van der Waals surface area contributed by atoms with Crippen molar-refractivity contribution in [3.63, 3.8) is 0 Å². The van der Waals surface area contributed by atoms with E-state index >= 15 is 0 Å². The number of esters is 1. The van der Waals surface area contributed by atoms with Crippen LogP contribution in [0, 0.1) is 0 Å². The van der Waals surface area contributed by atoms with Crippen LogP contribution in [0.15, 0.2) is 53.3 Å². The van der Waals surface area contributed by atoms with Gasteiger partial charge in [-0.15, -0.1) is 0 Å². The van der Waals surface area contributed by atoms with Gasteiger partial charge in [-0.1, -0.05) is 42.7 Å². The molecule has 0 saturated carbocycles. The number of benzene rings is 2. The van der Waals surface area contributed by atoms with Gasteiger partial charge in [0, 0.05) is 0 Å². The number of carbonyl (C=O) groups is 1. The summed E-state index contributed by atoms with van der Waals surface area (Å²) in [5, 5.41) is 0.726. The molecule has 1 unspecified atom stereocenters. The highest BCUT2D eigenvalue weighted by Crippen LogP contribution is 2.24. The molecule has 1 atom stereocenters. The molecule has 2 aromatic carbocycles. The van der Waals surface area contributed by atoms with Gasteiger partial charge in [-0.2, -0.15) is 0 Å². The molecule has 0 aliphatic rings. The Morgan fingerprint density at radius 1 is 1.12 bits per heavy atom. The second kappa shape index (κ2) is 7.01. The first kappa shape index (κ1) is 16.5. The van der Waals surface area contributed by atoms with E-state index in [1.807, 2.05) is 62.4 Å². The third kappa shape index (κ3) is 2.99. The Labute approximate surface area is 144 Å². The molecule has 0 saturated heterocycles. The van der Waals surface area contributed by atoms with E-state index in [1.165, 1.54) is 11.5 Å². The van der Waals surface area contributed by atoms with E-state index in [-0.39, 0.29) is 17.4 Å². The van der Waals surface area contributed by atoms with Crippen molar-refractivity contribution in [2.45, 2.75) is 26.2 Å². The zero-order valence-electron chi connectivity index (χ0n) is 13.7. The van der Waals surface area contributed by atoms with Crippen LogP contribution >= 0.6 is 11.5 Å². The summed E-state index contributed by atoms with van der Waals surface area (Å²) in [6, 6.07) is 15.1. The molecule has 3 rings (SSSR count). The summed E-state index contributed by atoms with van der Waals surface area (Å²) in [5.41, 5.74) is 1.71. The van der Waals surface area contributed by atoms with Crippen LogP contribution in [0.1, 0.15) is 31.7 Å². The molecule has 0 spiro atoms. The molecule has 0 aliphatic carbocycles. The first-order chi connectivity index (χ1) is 11.7. The molecule has 0 amide bonds. The highest BCUT2D eigenvalue weighted by atomic mass is 32.1. The van der Waals surface area contributed by atoms with Crippen LogP contribution in [-0.2, 0) is 9.53 Å². The van der Waals surface area contributed by atoms with E-state index in [1.54, 1.807) is 3.96 Å². The Balaban J connectivity index is 1.95. The molecule has 3 aromatic rings. The summed E-state index contributed by atoms with van der Waals surface area (Å²) in [4.78, 5) is 24.5. The standard InChI is InChI=1S/C19H19NO3S/c1-3-15(19(22)23-4-2)13-9-11-14(12-10-13)20-18(21)16-7-5-6-8-17(16)24-20/h5-12,15H,3-4H2,1-2H3. The predicted molar refractivity (Wildman–Crippen MR) is 97.1 cm³/mol. The molecule has 0 N–H and O–H groups in total. The zero-order valence-corrected chi connectivity index (χ0v) is 14.5. The molecule has 4 nitrogen and oxygen atoms in total. The Bertz CT molecular complexity index is 908. The zero-order chi connectivity index (χ0) is 17.1. The van der Waals surface area contributed by atoms with Crippen molar-refractivity contribution in [3.05, 3.63) is 64.4 Å². The summed E-state index contributed by atoms with van der Waals surface area (Å²) in [7, 11) is 0. The van der Waals surface area contributed by atoms with Crippen LogP contribution in [0.5, 0.6) is 0 Å². The Morgan fingerprint density at radius 3 is 2.46 bits per heavy atom. The van der Waals surface area contributed by atoms with Crippen LogP contribution in [0.3, 0.4) is 0 Å². The van der Waals surface area contributed by atoms with Crippen molar-refractivity contribution >= 4 is 27.6 Å². The monoisotopic (exact) mass is 341 g/mol. The minimum atomic E-state index is -0.266. The third-order valence-corrected chi connectivity index (χ3v) is 5.11. The van der Waals surface area contributed by atoms with Gasteiger partial charge in [0.2, 0.25) is 0 Å². The highest BCUT2D eigenvalue weighted by molar-refractivity contribution is 7.14. The number of carbonyl (C=O) groups excluding carboxylic acids is 1. The maximum atomic E-state index is 12.5. The average Bonchev–Trinajstić information content (AvgIpc) is 2.94. The Kier molecular flexibility index (Phi) is 4.81. The number of aromatic nitrogens is 1. The van der Waals surface area contributed by atoms with Crippen molar-refractivity contribution in [1.82, 2.24) is 3.96 Å². The van der Waals surface area contributed by atoms with Gasteiger partial charge in [-0.05, 0) is 43.2 Å². The number of ether oxygens (including phenoxy) is 1. The van der Waals surface area contributed by atoms with E-state index in [2.05, 4.69) is 0 Å². The highest BCUT2D eigenvalue weighted by Gasteiger charge is 2.20. The van der Waals surface area contributed by atoms with E-state index in [9.17, 15) is 9.59 Å². The minimum absolute atomic E-state index is 0.0132. The van der Waals surface area contributed by atoms with Crippen LogP contribution in [0.25, 0.3) is 15.8 Å². The first-order valence-electron chi connectivity index (χ1n) is 8.03. The van der Waals surface area contributed by atoms with Gasteiger partial charge < -0.3 is 4.74 Å². The van der Waals surface area contributed by atoms with Crippen molar-refractivity contribution in [3.8, 4) is 5.69 Å². The summed E-state index contributed by atoms with van der Waals surface area (Å²) >= 11 is 1.42. The molecule has 0 aliphatic heterocycles. The fourth-order valence-corrected chi connectivity index (χ4v) is 3.76. The fraction of sp³-hybridized carbons (Fsp3) is 0.263. The van der Waals surface area contributed by atoms with Crippen LogP contribution in [0.2, 0.25) is 0 Å². The number of hydrogen-bond acceptors (Lipinski definition) is 4. The van der Waals surface area contributed by atoms with Gasteiger partial charge in [-0.3, -0.25) is 9.59 Å². The molecule has 24 heavy (non-hydrogen) atoms. The van der Waals surface area contributed by atoms with E-state index in [0.717, 1.165) is 21.3 Å². The number of hydrogen-bond donors (Lipinski definition) is 0. The summed E-state index contributed by atoms with van der Waals surface area (Å²) < 4.78 is 7.77. The second-order valence-electron chi connectivity index (χ2n) is 5.49. The molecule has 1 heterocycles. The topological polar surface area (TPSA) is 48.3 Å². The van der Waals surface area contributed by atoms with Gasteiger partial charge in [0.1, 0.15) is 0 Å². The largest absolute Gasteiger partial charge is 0.466 e. The normalized spacial score (nSPS) is 12.2. The maximum absolute atomic E-state index is 12.5. The summed E-state index contributed by atoms with van der Waals surface area (Å²) in [6.07, 6.45) is 0.682. The van der Waals surface area contributed by atoms with Crippen molar-refractivity contribution in [1.29, 1.82) is 0 Å². The lowest BCUT2D eigenvalue weighted by Gasteiger charge is -2.14. The van der Waals surface area contributed by atoms with E-state index in [0.29, 0.717) is 13.0 Å². The lowest BCUT2D eigenvalue weighted by Crippen LogP contribution is -2.15. The second-order valence-corrected chi connectivity index (χ2v) is 6.48. The Morgan fingerprint density at radius 2 is 1.83 bits per heavy atom. The van der Waals surface area contributed by atoms with E-state index in [4.69, 9.17) is 4.74 Å². The molecule has 0 radical (unpaired) electrons. The third-order valence-electron chi connectivity index (χ3n) is 4.00. The first-order valence-corrected chi connectivity index (χ1v) is 8.81. The molecule has 5 heteroatoms. The molecule has 0 bridgehead atoms. The molecule has 124 valence electrons. The van der Waals surface area contributed by atoms with Gasteiger partial charge in [-0.25, -0.2) is 3.96 Å². The molecular formula is C19H19NO3S. The minimum Gasteiger partial charge on any atom is -0.466 e. The van der Waals surface area contributed by atoms with Gasteiger partial charge in [0.25, 0.3) is 5.56 Å². The molecular weight excluding hydrogens is 322 g/mol. The molecule has 1 aromatic heterocycles. The Hall–Kier alpha value is -2.40. The lowest BCUT2D eigenvalue weighted by atomic mass is 9.96.